The Morgan fingerprint density at radius 1 is 1.08 bits per heavy atom. The van der Waals surface area contributed by atoms with Crippen molar-refractivity contribution in [2.75, 3.05) is 59.1 Å². The number of benzene rings is 2. The largest absolute Gasteiger partial charge is 0.491 e. The van der Waals surface area contributed by atoms with Gasteiger partial charge in [-0.3, -0.25) is 14.6 Å². The van der Waals surface area contributed by atoms with Crippen molar-refractivity contribution < 1.29 is 28.2 Å². The minimum Gasteiger partial charge on any atom is -0.491 e. The summed E-state index contributed by atoms with van der Waals surface area (Å²) in [4.78, 5) is 18.9. The zero-order valence-electron chi connectivity index (χ0n) is 21.0. The summed E-state index contributed by atoms with van der Waals surface area (Å²) in [6.45, 7) is 3.52. The lowest BCUT2D eigenvalue weighted by Gasteiger charge is -2.34. The van der Waals surface area contributed by atoms with Gasteiger partial charge in [0, 0.05) is 51.9 Å². The number of aliphatic hydroxyl groups is 1. The molecule has 2 aromatic carbocycles. The molecule has 0 spiro atoms. The van der Waals surface area contributed by atoms with Crippen LogP contribution in [-0.4, -0.2) is 103 Å². The SMILES string of the molecule is O=C1c2ccc(OC3CCN(CCF)CC3F)cc2OCCN1C[C@H](O)CN1CCc2ccccc2C1. The molecule has 0 aliphatic carbocycles. The molecular formula is C28H35F2N3O4. The van der Waals surface area contributed by atoms with Crippen molar-refractivity contribution in [2.45, 2.75) is 37.8 Å². The van der Waals surface area contributed by atoms with Crippen LogP contribution in [0.1, 0.15) is 27.9 Å². The van der Waals surface area contributed by atoms with Gasteiger partial charge < -0.3 is 19.5 Å². The Morgan fingerprint density at radius 3 is 2.73 bits per heavy atom. The summed E-state index contributed by atoms with van der Waals surface area (Å²) in [5.41, 5.74) is 3.05. The van der Waals surface area contributed by atoms with Crippen LogP contribution < -0.4 is 9.47 Å². The second kappa shape index (κ2) is 11.8. The highest BCUT2D eigenvalue weighted by molar-refractivity contribution is 5.97. The zero-order valence-corrected chi connectivity index (χ0v) is 21.0. The Morgan fingerprint density at radius 2 is 1.92 bits per heavy atom. The number of rotatable bonds is 8. The molecule has 1 N–H and O–H groups in total. The molecule has 1 amide bonds. The van der Waals surface area contributed by atoms with Gasteiger partial charge in [-0.1, -0.05) is 24.3 Å². The number of alkyl halides is 2. The van der Waals surface area contributed by atoms with Crippen molar-refractivity contribution in [3.63, 3.8) is 0 Å². The Balaban J connectivity index is 1.17. The molecular weight excluding hydrogens is 480 g/mol. The van der Waals surface area contributed by atoms with E-state index in [4.69, 9.17) is 9.47 Å². The van der Waals surface area contributed by atoms with Crippen LogP contribution in [0.3, 0.4) is 0 Å². The third kappa shape index (κ3) is 6.22. The van der Waals surface area contributed by atoms with Crippen molar-refractivity contribution >= 4 is 5.91 Å². The zero-order chi connectivity index (χ0) is 25.8. The van der Waals surface area contributed by atoms with E-state index >= 15 is 0 Å². The maximum atomic E-state index is 14.6. The quantitative estimate of drug-likeness (QED) is 0.584. The first-order chi connectivity index (χ1) is 18.0. The molecule has 7 nitrogen and oxygen atoms in total. The topological polar surface area (TPSA) is 65.5 Å². The Kier molecular flexibility index (Phi) is 8.22. The lowest BCUT2D eigenvalue weighted by atomic mass is 10.00. The predicted molar refractivity (Wildman–Crippen MR) is 136 cm³/mol. The average molecular weight is 516 g/mol. The highest BCUT2D eigenvalue weighted by Crippen LogP contribution is 2.30. The molecule has 9 heteroatoms. The molecule has 0 radical (unpaired) electrons. The Hall–Kier alpha value is -2.75. The summed E-state index contributed by atoms with van der Waals surface area (Å²) in [5, 5.41) is 10.8. The van der Waals surface area contributed by atoms with Gasteiger partial charge in [0.25, 0.3) is 5.91 Å². The lowest BCUT2D eigenvalue weighted by molar-refractivity contribution is 0.0201. The van der Waals surface area contributed by atoms with Gasteiger partial charge in [0.2, 0.25) is 0 Å². The van der Waals surface area contributed by atoms with Crippen LogP contribution in [0.2, 0.25) is 0 Å². The van der Waals surface area contributed by atoms with Crippen molar-refractivity contribution in [3.8, 4) is 11.5 Å². The summed E-state index contributed by atoms with van der Waals surface area (Å²) in [6, 6.07) is 13.3. The number of piperidine rings is 1. The number of aliphatic hydroxyl groups excluding tert-OH is 1. The maximum Gasteiger partial charge on any atom is 0.257 e. The number of amides is 1. The van der Waals surface area contributed by atoms with E-state index in [0.717, 1.165) is 19.5 Å². The molecule has 0 saturated carbocycles. The Labute approximate surface area is 216 Å². The minimum atomic E-state index is -1.22. The summed E-state index contributed by atoms with van der Waals surface area (Å²) in [5.74, 6) is 0.638. The molecule has 1 saturated heterocycles. The van der Waals surface area contributed by atoms with E-state index in [1.807, 2.05) is 6.07 Å². The number of hydrogen-bond acceptors (Lipinski definition) is 6. The average Bonchev–Trinajstić information content (AvgIpc) is 3.04. The molecule has 3 aliphatic rings. The molecule has 3 atom stereocenters. The van der Waals surface area contributed by atoms with E-state index in [2.05, 4.69) is 23.1 Å². The van der Waals surface area contributed by atoms with Crippen LogP contribution in [0.25, 0.3) is 0 Å². The van der Waals surface area contributed by atoms with E-state index in [1.165, 1.54) is 11.1 Å². The molecule has 0 aromatic heterocycles. The fraction of sp³-hybridized carbons (Fsp3) is 0.536. The number of β-amino-alcohol motifs (C(OH)–C–C–N with tert-alkyl or cyclic N) is 1. The number of halogens is 2. The molecule has 5 rings (SSSR count). The normalized spacial score (nSPS) is 23.5. The van der Waals surface area contributed by atoms with E-state index in [0.29, 0.717) is 49.7 Å². The van der Waals surface area contributed by atoms with Crippen LogP contribution in [0.5, 0.6) is 11.5 Å². The van der Waals surface area contributed by atoms with E-state index in [9.17, 15) is 18.7 Å². The predicted octanol–water partition coefficient (Wildman–Crippen LogP) is 2.70. The van der Waals surface area contributed by atoms with Crippen LogP contribution in [0, 0.1) is 0 Å². The van der Waals surface area contributed by atoms with Gasteiger partial charge in [0.1, 0.15) is 37.1 Å². The number of fused-ring (bicyclic) bond motifs is 2. The van der Waals surface area contributed by atoms with Crippen molar-refractivity contribution in [1.82, 2.24) is 14.7 Å². The third-order valence-corrected chi connectivity index (χ3v) is 7.45. The van der Waals surface area contributed by atoms with E-state index in [1.54, 1.807) is 28.0 Å². The van der Waals surface area contributed by atoms with Gasteiger partial charge in [0.05, 0.1) is 18.2 Å². The molecule has 1 fully saturated rings. The number of carbonyl (C=O) groups is 1. The van der Waals surface area contributed by atoms with Crippen LogP contribution in [0.4, 0.5) is 8.78 Å². The first-order valence-electron chi connectivity index (χ1n) is 13.1. The fourth-order valence-corrected chi connectivity index (χ4v) is 5.48. The summed E-state index contributed by atoms with van der Waals surface area (Å²) in [7, 11) is 0. The molecule has 37 heavy (non-hydrogen) atoms. The molecule has 3 aliphatic heterocycles. The second-order valence-corrected chi connectivity index (χ2v) is 10.1. The molecule has 2 aromatic rings. The summed E-state index contributed by atoms with van der Waals surface area (Å²) < 4.78 is 38.9. The highest BCUT2D eigenvalue weighted by Gasteiger charge is 2.32. The number of hydrogen-bond donors (Lipinski definition) is 1. The van der Waals surface area contributed by atoms with E-state index in [-0.39, 0.29) is 25.5 Å². The van der Waals surface area contributed by atoms with Crippen LogP contribution >= 0.6 is 0 Å². The summed E-state index contributed by atoms with van der Waals surface area (Å²) >= 11 is 0. The standard InChI is InChI=1S/C28H35F2N3O4/c29-9-12-31-11-8-26(25(30)19-31)37-23-5-6-24-27(15-23)36-14-13-33(28(24)35)18-22(34)17-32-10-7-20-3-1-2-4-21(20)16-32/h1-6,15,22,25-26,34H,7-14,16-19H2/t22-,25?,26?/m1/s1. The van der Waals surface area contributed by atoms with Gasteiger partial charge >= 0.3 is 0 Å². The van der Waals surface area contributed by atoms with Gasteiger partial charge in [-0.15, -0.1) is 0 Å². The van der Waals surface area contributed by atoms with Crippen LogP contribution in [-0.2, 0) is 13.0 Å². The minimum absolute atomic E-state index is 0.149. The highest BCUT2D eigenvalue weighted by atomic mass is 19.1. The smallest absolute Gasteiger partial charge is 0.257 e. The Bertz CT molecular complexity index is 1090. The maximum absolute atomic E-state index is 14.6. The van der Waals surface area contributed by atoms with Gasteiger partial charge in [-0.05, 0) is 36.1 Å². The van der Waals surface area contributed by atoms with Gasteiger partial charge in [-0.25, -0.2) is 8.78 Å². The van der Waals surface area contributed by atoms with E-state index < -0.39 is 25.1 Å². The molecule has 2 unspecified atom stereocenters. The number of carbonyl (C=O) groups excluding carboxylic acids is 1. The third-order valence-electron chi connectivity index (χ3n) is 7.45. The number of nitrogens with zero attached hydrogens (tertiary/aromatic N) is 3. The van der Waals surface area contributed by atoms with Gasteiger partial charge in [0.15, 0.2) is 0 Å². The van der Waals surface area contributed by atoms with Crippen molar-refractivity contribution in [3.05, 3.63) is 59.2 Å². The van der Waals surface area contributed by atoms with Crippen molar-refractivity contribution in [1.29, 1.82) is 0 Å². The van der Waals surface area contributed by atoms with Crippen LogP contribution in [0.15, 0.2) is 42.5 Å². The molecule has 200 valence electrons. The number of ether oxygens (including phenoxy) is 2. The fourth-order valence-electron chi connectivity index (χ4n) is 5.48. The number of likely N-dealkylation sites (tertiary alicyclic amines) is 1. The lowest BCUT2D eigenvalue weighted by Crippen LogP contribution is -2.47. The molecule has 0 bridgehead atoms. The first kappa shape index (κ1) is 25.9. The first-order valence-corrected chi connectivity index (χ1v) is 13.1. The molecule has 3 heterocycles. The monoisotopic (exact) mass is 515 g/mol. The second-order valence-electron chi connectivity index (χ2n) is 10.1. The van der Waals surface area contributed by atoms with Gasteiger partial charge in [-0.2, -0.15) is 0 Å². The van der Waals surface area contributed by atoms with Crippen molar-refractivity contribution in [2.24, 2.45) is 0 Å². The summed E-state index contributed by atoms with van der Waals surface area (Å²) in [6.07, 6.45) is -1.09.